The maximum Gasteiger partial charge on any atom is 1.00 e. The molecule has 0 N–H and O–H groups in total. The van der Waals surface area contributed by atoms with Crippen LogP contribution in [0.2, 0.25) is 0 Å². The zero-order valence-electron chi connectivity index (χ0n) is 19.9. The Bertz CT molecular complexity index is 892. The predicted octanol–water partition coefficient (Wildman–Crippen LogP) is 2.18. The van der Waals surface area contributed by atoms with Crippen LogP contribution < -0.4 is 29.6 Å². The van der Waals surface area contributed by atoms with Crippen molar-refractivity contribution >= 4 is 22.1 Å². The number of ether oxygens (including phenoxy) is 2. The number of hydrogen-bond acceptors (Lipinski definition) is 7. The monoisotopic (exact) mass is 488 g/mol. The van der Waals surface area contributed by atoms with Gasteiger partial charge in [-0.2, -0.15) is 0 Å². The van der Waals surface area contributed by atoms with Crippen LogP contribution in [0, 0.1) is 0 Å². The molecule has 1 aromatic rings. The summed E-state index contributed by atoms with van der Waals surface area (Å²) in [6.07, 6.45) is 14.7. The quantitative estimate of drug-likeness (QED) is 0.122. The average Bonchev–Trinajstić information content (AvgIpc) is 2.76. The summed E-state index contributed by atoms with van der Waals surface area (Å²) in [5, 5.41) is 0. The maximum atomic E-state index is 12.6. The summed E-state index contributed by atoms with van der Waals surface area (Å²) in [6, 6.07) is 3.49. The van der Waals surface area contributed by atoms with Crippen LogP contribution >= 0.6 is 0 Å². The van der Waals surface area contributed by atoms with Gasteiger partial charge < -0.3 is 14.0 Å². The largest absolute Gasteiger partial charge is 1.00 e. The molecule has 9 heteroatoms. The van der Waals surface area contributed by atoms with Crippen molar-refractivity contribution in [1.82, 2.24) is 0 Å². The molecule has 0 atom stereocenters. The second kappa shape index (κ2) is 18.0. The number of carbonyl (C=O) groups excluding carboxylic acids is 2. The Morgan fingerprint density at radius 1 is 0.848 bits per heavy atom. The zero-order chi connectivity index (χ0) is 23.8. The van der Waals surface area contributed by atoms with E-state index in [-0.39, 0.29) is 48.3 Å². The summed E-state index contributed by atoms with van der Waals surface area (Å²) >= 11 is 0. The first kappa shape index (κ1) is 31.6. The first-order valence-corrected chi connectivity index (χ1v) is 12.4. The van der Waals surface area contributed by atoms with Gasteiger partial charge in [-0.1, -0.05) is 30.4 Å². The Morgan fingerprint density at radius 3 is 1.85 bits per heavy atom. The number of benzene rings is 1. The Morgan fingerprint density at radius 2 is 1.36 bits per heavy atom. The van der Waals surface area contributed by atoms with Gasteiger partial charge in [-0.3, -0.25) is 0 Å². The van der Waals surface area contributed by atoms with E-state index in [0.717, 1.165) is 44.6 Å². The summed E-state index contributed by atoms with van der Waals surface area (Å²) in [5.41, 5.74) is -0.844. The van der Waals surface area contributed by atoms with E-state index in [0.29, 0.717) is 12.8 Å². The van der Waals surface area contributed by atoms with Crippen LogP contribution in [-0.4, -0.2) is 38.1 Å². The molecule has 0 amide bonds. The van der Waals surface area contributed by atoms with Gasteiger partial charge in [-0.05, 0) is 77.3 Å². The zero-order valence-corrected chi connectivity index (χ0v) is 22.7. The normalized spacial score (nSPS) is 11.5. The second-order valence-corrected chi connectivity index (χ2v) is 8.59. The molecular formula is C24H33NaO7S. The molecular weight excluding hydrogens is 455 g/mol. The van der Waals surface area contributed by atoms with Gasteiger partial charge in [-0.15, -0.1) is 0 Å². The van der Waals surface area contributed by atoms with Crippen LogP contribution in [0.1, 0.15) is 85.9 Å². The summed E-state index contributed by atoms with van der Waals surface area (Å²) in [6.45, 7) is 4.08. The fraction of sp³-hybridized carbons (Fsp3) is 0.500. The molecule has 7 nitrogen and oxygen atoms in total. The molecule has 0 aromatic heterocycles. The molecule has 0 aliphatic rings. The van der Waals surface area contributed by atoms with Crippen LogP contribution in [0.5, 0.6) is 0 Å². The minimum atomic E-state index is -4.99. The molecule has 0 bridgehead atoms. The number of rotatable bonds is 15. The first-order chi connectivity index (χ1) is 15.3. The van der Waals surface area contributed by atoms with E-state index >= 15 is 0 Å². The minimum absolute atomic E-state index is 0. The molecule has 0 saturated carbocycles. The van der Waals surface area contributed by atoms with Crippen LogP contribution in [0.25, 0.3) is 0 Å². The molecule has 1 rings (SSSR count). The van der Waals surface area contributed by atoms with Crippen molar-refractivity contribution in [2.24, 2.45) is 0 Å². The standard InChI is InChI=1S/C24H34O7S.Na/c1-3-5-7-9-11-13-18-30-23(25)20-16-15-17-21(32(27,28)29)22(20)24(26)31-19-14-12-10-8-6-4-2;/h3-6,15-17H,7-14,18-19H2,1-2H3,(H,27,28,29);/q;+1/p-1/b5-3+,6-4+;. The Hall–Kier alpha value is -1.45. The predicted molar refractivity (Wildman–Crippen MR) is 122 cm³/mol. The van der Waals surface area contributed by atoms with E-state index in [4.69, 9.17) is 9.47 Å². The summed E-state index contributed by atoms with van der Waals surface area (Å²) < 4.78 is 45.4. The van der Waals surface area contributed by atoms with Crippen molar-refractivity contribution in [2.45, 2.75) is 70.1 Å². The van der Waals surface area contributed by atoms with Crippen molar-refractivity contribution in [1.29, 1.82) is 0 Å². The number of unbranched alkanes of at least 4 members (excludes halogenated alkanes) is 6. The first-order valence-electron chi connectivity index (χ1n) is 11.0. The van der Waals surface area contributed by atoms with Crippen LogP contribution in [-0.2, 0) is 19.6 Å². The molecule has 178 valence electrons. The van der Waals surface area contributed by atoms with Gasteiger partial charge in [0.1, 0.15) is 10.1 Å². The molecule has 33 heavy (non-hydrogen) atoms. The molecule has 0 saturated heterocycles. The van der Waals surface area contributed by atoms with Gasteiger partial charge in [0, 0.05) is 0 Å². The van der Waals surface area contributed by atoms with Gasteiger partial charge in [0.15, 0.2) is 0 Å². The number of allylic oxidation sites excluding steroid dienone is 4. The van der Waals surface area contributed by atoms with Gasteiger partial charge in [0.05, 0.1) is 29.2 Å². The molecule has 0 aliphatic heterocycles. The topological polar surface area (TPSA) is 110 Å². The van der Waals surface area contributed by atoms with Crippen LogP contribution in [0.15, 0.2) is 47.4 Å². The summed E-state index contributed by atoms with van der Waals surface area (Å²) in [4.78, 5) is 24.3. The Balaban J connectivity index is 0.0000102. The third-order valence-electron chi connectivity index (χ3n) is 4.69. The fourth-order valence-electron chi connectivity index (χ4n) is 3.02. The third kappa shape index (κ3) is 12.5. The molecule has 0 heterocycles. The molecule has 0 spiro atoms. The smallest absolute Gasteiger partial charge is 0.744 e. The van der Waals surface area contributed by atoms with Crippen molar-refractivity contribution in [2.75, 3.05) is 13.2 Å². The second-order valence-electron chi connectivity index (χ2n) is 7.24. The SMILES string of the molecule is C/C=C/CCCCCOC(=O)c1cccc(S(=O)(=O)[O-])c1C(=O)OCCCCC/C=C/C.[Na+]. The van der Waals surface area contributed by atoms with E-state index in [1.54, 1.807) is 0 Å². The van der Waals surface area contributed by atoms with Gasteiger partial charge in [0.25, 0.3) is 0 Å². The molecule has 0 radical (unpaired) electrons. The maximum absolute atomic E-state index is 12.6. The average molecular weight is 489 g/mol. The van der Waals surface area contributed by atoms with Gasteiger partial charge >= 0.3 is 41.5 Å². The van der Waals surface area contributed by atoms with E-state index in [9.17, 15) is 22.6 Å². The van der Waals surface area contributed by atoms with Crippen molar-refractivity contribution in [3.63, 3.8) is 0 Å². The van der Waals surface area contributed by atoms with Crippen molar-refractivity contribution in [3.8, 4) is 0 Å². The minimum Gasteiger partial charge on any atom is -0.744 e. The fourth-order valence-corrected chi connectivity index (χ4v) is 3.70. The van der Waals surface area contributed by atoms with Crippen LogP contribution in [0.3, 0.4) is 0 Å². The molecule has 0 aliphatic carbocycles. The van der Waals surface area contributed by atoms with E-state index in [1.165, 1.54) is 12.1 Å². The third-order valence-corrected chi connectivity index (χ3v) is 5.57. The number of hydrogen-bond donors (Lipinski definition) is 0. The molecule has 0 unspecified atom stereocenters. The molecule has 1 aromatic carbocycles. The number of esters is 2. The Kier molecular flexibility index (Phi) is 17.2. The van der Waals surface area contributed by atoms with Crippen LogP contribution in [0.4, 0.5) is 0 Å². The van der Waals surface area contributed by atoms with Gasteiger partial charge in [-0.25, -0.2) is 18.0 Å². The van der Waals surface area contributed by atoms with Crippen molar-refractivity contribution < 1.29 is 61.6 Å². The van der Waals surface area contributed by atoms with E-state index in [2.05, 4.69) is 6.08 Å². The number of carbonyl (C=O) groups is 2. The van der Waals surface area contributed by atoms with Gasteiger partial charge in [0.2, 0.25) is 0 Å². The van der Waals surface area contributed by atoms with E-state index < -0.39 is 32.5 Å². The van der Waals surface area contributed by atoms with E-state index in [1.807, 2.05) is 32.1 Å². The molecule has 0 fully saturated rings. The Labute approximate surface area is 219 Å². The summed E-state index contributed by atoms with van der Waals surface area (Å²) in [5.74, 6) is -1.88. The summed E-state index contributed by atoms with van der Waals surface area (Å²) in [7, 11) is -4.99. The van der Waals surface area contributed by atoms with Crippen molar-refractivity contribution in [3.05, 3.63) is 53.6 Å².